The number of carbonyl (C=O) groups excluding carboxylic acids is 1. The Balaban J connectivity index is 1.94. The molecule has 4 nitrogen and oxygen atoms in total. The molecule has 0 fully saturated rings. The summed E-state index contributed by atoms with van der Waals surface area (Å²) >= 11 is 2.13. The van der Waals surface area contributed by atoms with Gasteiger partial charge >= 0.3 is 11.6 Å². The van der Waals surface area contributed by atoms with E-state index in [4.69, 9.17) is 9.15 Å². The Labute approximate surface area is 139 Å². The van der Waals surface area contributed by atoms with Gasteiger partial charge in [-0.2, -0.15) is 0 Å². The summed E-state index contributed by atoms with van der Waals surface area (Å²) in [5, 5.41) is 0.814. The van der Waals surface area contributed by atoms with Crippen LogP contribution in [-0.4, -0.2) is 5.97 Å². The van der Waals surface area contributed by atoms with Gasteiger partial charge in [-0.3, -0.25) is 0 Å². The second-order valence-electron chi connectivity index (χ2n) is 4.81. The van der Waals surface area contributed by atoms with Gasteiger partial charge in [0.1, 0.15) is 11.3 Å². The molecule has 0 bridgehead atoms. The Kier molecular flexibility index (Phi) is 3.98. The Bertz CT molecular complexity index is 927. The predicted octanol–water partition coefficient (Wildman–Crippen LogP) is 3.93. The summed E-state index contributed by atoms with van der Waals surface area (Å²) < 4.78 is 11.4. The van der Waals surface area contributed by atoms with Crippen LogP contribution >= 0.6 is 22.6 Å². The first-order chi connectivity index (χ1) is 10.5. The SMILES string of the molecule is Cc1cc(=O)oc2cc(OC(=O)c3cccc(I)c3)ccc12. The Morgan fingerprint density at radius 1 is 1.14 bits per heavy atom. The number of fused-ring (bicyclic) bond motifs is 1. The fourth-order valence-corrected chi connectivity index (χ4v) is 2.69. The van der Waals surface area contributed by atoms with Gasteiger partial charge in [0.25, 0.3) is 0 Å². The molecule has 0 aliphatic heterocycles. The molecule has 0 radical (unpaired) electrons. The number of esters is 1. The third-order valence-corrected chi connectivity index (χ3v) is 3.86. The largest absolute Gasteiger partial charge is 0.423 e. The molecule has 110 valence electrons. The molecular weight excluding hydrogens is 395 g/mol. The van der Waals surface area contributed by atoms with Crippen molar-refractivity contribution in [3.8, 4) is 5.75 Å². The highest BCUT2D eigenvalue weighted by atomic mass is 127. The molecule has 1 heterocycles. The van der Waals surface area contributed by atoms with Crippen molar-refractivity contribution >= 4 is 39.5 Å². The van der Waals surface area contributed by atoms with E-state index in [9.17, 15) is 9.59 Å². The fourth-order valence-electron chi connectivity index (χ4n) is 2.15. The summed E-state index contributed by atoms with van der Waals surface area (Å²) in [4.78, 5) is 23.5. The molecule has 0 N–H and O–H groups in total. The average molecular weight is 406 g/mol. The third kappa shape index (κ3) is 3.04. The van der Waals surface area contributed by atoms with Gasteiger partial charge < -0.3 is 9.15 Å². The van der Waals surface area contributed by atoms with E-state index in [0.717, 1.165) is 14.5 Å². The maximum atomic E-state index is 12.1. The predicted molar refractivity (Wildman–Crippen MR) is 91.3 cm³/mol. The highest BCUT2D eigenvalue weighted by Crippen LogP contribution is 2.23. The van der Waals surface area contributed by atoms with Crippen LogP contribution in [0, 0.1) is 10.5 Å². The van der Waals surface area contributed by atoms with E-state index in [1.807, 2.05) is 13.0 Å². The van der Waals surface area contributed by atoms with E-state index in [1.165, 1.54) is 6.07 Å². The van der Waals surface area contributed by atoms with Gasteiger partial charge in [0, 0.05) is 21.1 Å². The second kappa shape index (κ2) is 5.92. The zero-order valence-electron chi connectivity index (χ0n) is 11.6. The summed E-state index contributed by atoms with van der Waals surface area (Å²) in [5.74, 6) is -0.113. The lowest BCUT2D eigenvalue weighted by Gasteiger charge is -2.06. The van der Waals surface area contributed by atoms with Crippen molar-refractivity contribution in [3.05, 3.63) is 73.6 Å². The van der Waals surface area contributed by atoms with Crippen molar-refractivity contribution in [2.45, 2.75) is 6.92 Å². The lowest BCUT2D eigenvalue weighted by atomic mass is 10.1. The number of hydrogen-bond donors (Lipinski definition) is 0. The number of aryl methyl sites for hydroxylation is 1. The van der Waals surface area contributed by atoms with E-state index < -0.39 is 11.6 Å². The summed E-state index contributed by atoms with van der Waals surface area (Å²) in [6.07, 6.45) is 0. The Morgan fingerprint density at radius 2 is 1.95 bits per heavy atom. The highest BCUT2D eigenvalue weighted by molar-refractivity contribution is 14.1. The van der Waals surface area contributed by atoms with E-state index in [1.54, 1.807) is 36.4 Å². The number of ether oxygens (including phenoxy) is 1. The van der Waals surface area contributed by atoms with Crippen LogP contribution in [-0.2, 0) is 0 Å². The zero-order chi connectivity index (χ0) is 15.7. The second-order valence-corrected chi connectivity index (χ2v) is 6.05. The van der Waals surface area contributed by atoms with Crippen LogP contribution in [0.15, 0.2) is 57.7 Å². The molecule has 0 atom stereocenters. The first kappa shape index (κ1) is 14.8. The van der Waals surface area contributed by atoms with E-state index >= 15 is 0 Å². The minimum atomic E-state index is -0.451. The molecule has 0 aliphatic carbocycles. The molecular formula is C17H11IO4. The van der Waals surface area contributed by atoms with Crippen molar-refractivity contribution in [1.29, 1.82) is 0 Å². The fraction of sp³-hybridized carbons (Fsp3) is 0.0588. The van der Waals surface area contributed by atoms with Gasteiger partial charge in [0.05, 0.1) is 5.56 Å². The van der Waals surface area contributed by atoms with Crippen molar-refractivity contribution in [1.82, 2.24) is 0 Å². The van der Waals surface area contributed by atoms with Crippen LogP contribution < -0.4 is 10.4 Å². The summed E-state index contributed by atoms with van der Waals surface area (Å²) in [6.45, 7) is 1.83. The Hall–Kier alpha value is -2.15. The van der Waals surface area contributed by atoms with Gasteiger partial charge in [0.15, 0.2) is 0 Å². The minimum Gasteiger partial charge on any atom is -0.423 e. The number of carbonyl (C=O) groups is 1. The van der Waals surface area contributed by atoms with Gasteiger partial charge in [0.2, 0.25) is 0 Å². The highest BCUT2D eigenvalue weighted by Gasteiger charge is 2.10. The van der Waals surface area contributed by atoms with Gasteiger partial charge in [-0.15, -0.1) is 0 Å². The number of halogens is 1. The van der Waals surface area contributed by atoms with Gasteiger partial charge in [-0.05, 0) is 65.4 Å². The molecule has 2 aromatic carbocycles. The molecule has 22 heavy (non-hydrogen) atoms. The maximum Gasteiger partial charge on any atom is 0.343 e. The molecule has 0 aliphatic rings. The summed E-state index contributed by atoms with van der Waals surface area (Å²) in [6, 6.07) is 13.6. The van der Waals surface area contributed by atoms with Gasteiger partial charge in [-0.1, -0.05) is 6.07 Å². The monoisotopic (exact) mass is 406 g/mol. The lowest BCUT2D eigenvalue weighted by Crippen LogP contribution is -2.08. The Morgan fingerprint density at radius 3 is 2.73 bits per heavy atom. The molecule has 0 unspecified atom stereocenters. The zero-order valence-corrected chi connectivity index (χ0v) is 13.8. The van der Waals surface area contributed by atoms with Crippen LogP contribution in [0.5, 0.6) is 5.75 Å². The van der Waals surface area contributed by atoms with Crippen LogP contribution in [0.1, 0.15) is 15.9 Å². The lowest BCUT2D eigenvalue weighted by molar-refractivity contribution is 0.0735. The summed E-state index contributed by atoms with van der Waals surface area (Å²) in [5.41, 5.74) is 1.27. The molecule has 3 rings (SSSR count). The first-order valence-electron chi connectivity index (χ1n) is 6.55. The molecule has 0 amide bonds. The van der Waals surface area contributed by atoms with Gasteiger partial charge in [-0.25, -0.2) is 9.59 Å². The summed E-state index contributed by atoms with van der Waals surface area (Å²) in [7, 11) is 0. The molecule has 3 aromatic rings. The smallest absolute Gasteiger partial charge is 0.343 e. The van der Waals surface area contributed by atoms with E-state index in [-0.39, 0.29) is 0 Å². The molecule has 0 saturated carbocycles. The minimum absolute atomic E-state index is 0.338. The average Bonchev–Trinajstić information content (AvgIpc) is 2.46. The van der Waals surface area contributed by atoms with Crippen molar-refractivity contribution < 1.29 is 13.9 Å². The van der Waals surface area contributed by atoms with Crippen molar-refractivity contribution in [2.24, 2.45) is 0 Å². The number of benzene rings is 2. The van der Waals surface area contributed by atoms with Crippen molar-refractivity contribution in [3.63, 3.8) is 0 Å². The third-order valence-electron chi connectivity index (χ3n) is 3.19. The normalized spacial score (nSPS) is 10.6. The molecule has 1 aromatic heterocycles. The van der Waals surface area contributed by atoms with E-state index in [2.05, 4.69) is 22.6 Å². The molecule has 0 saturated heterocycles. The standard InChI is InChI=1S/C17H11IO4/c1-10-7-16(19)22-15-9-13(5-6-14(10)15)21-17(20)11-3-2-4-12(18)8-11/h2-9H,1H3. The van der Waals surface area contributed by atoms with Crippen LogP contribution in [0.2, 0.25) is 0 Å². The number of hydrogen-bond acceptors (Lipinski definition) is 4. The van der Waals surface area contributed by atoms with Crippen LogP contribution in [0.3, 0.4) is 0 Å². The first-order valence-corrected chi connectivity index (χ1v) is 7.63. The molecule has 5 heteroatoms. The van der Waals surface area contributed by atoms with Crippen LogP contribution in [0.4, 0.5) is 0 Å². The van der Waals surface area contributed by atoms with Crippen molar-refractivity contribution in [2.75, 3.05) is 0 Å². The van der Waals surface area contributed by atoms with Crippen LogP contribution in [0.25, 0.3) is 11.0 Å². The topological polar surface area (TPSA) is 56.5 Å². The maximum absolute atomic E-state index is 12.1. The quantitative estimate of drug-likeness (QED) is 0.280. The number of rotatable bonds is 2. The molecule has 0 spiro atoms. The van der Waals surface area contributed by atoms with E-state index in [0.29, 0.717) is 16.9 Å².